The maximum Gasteiger partial charge on any atom is 0.219 e. The van der Waals surface area contributed by atoms with E-state index in [9.17, 15) is 8.42 Å². The van der Waals surface area contributed by atoms with Gasteiger partial charge < -0.3 is 0 Å². The van der Waals surface area contributed by atoms with Crippen LogP contribution in [0.25, 0.3) is 0 Å². The van der Waals surface area contributed by atoms with Crippen molar-refractivity contribution in [2.24, 2.45) is 0 Å². The first kappa shape index (κ1) is 17.9. The van der Waals surface area contributed by atoms with Gasteiger partial charge in [-0.1, -0.05) is 54.6 Å². The zero-order valence-corrected chi connectivity index (χ0v) is 16.1. The molecule has 0 aliphatic carbocycles. The third-order valence-electron chi connectivity index (χ3n) is 5.20. The van der Waals surface area contributed by atoms with Gasteiger partial charge in [-0.05, 0) is 47.2 Å². The summed E-state index contributed by atoms with van der Waals surface area (Å²) in [5, 5.41) is 0. The summed E-state index contributed by atoms with van der Waals surface area (Å²) in [5.41, 5.74) is 4.99. The fraction of sp³-hybridized carbons (Fsp3) is 0.227. The lowest BCUT2D eigenvalue weighted by molar-refractivity contribution is 0.343. The Balaban J connectivity index is 1.78. The van der Waals surface area contributed by atoms with Crippen molar-refractivity contribution >= 4 is 10.0 Å². The topological polar surface area (TPSA) is 50.3 Å². The van der Waals surface area contributed by atoms with Crippen LogP contribution in [0.4, 0.5) is 0 Å². The van der Waals surface area contributed by atoms with E-state index in [4.69, 9.17) is 0 Å². The Morgan fingerprint density at radius 1 is 1.04 bits per heavy atom. The van der Waals surface area contributed by atoms with Gasteiger partial charge >= 0.3 is 0 Å². The molecule has 0 radical (unpaired) electrons. The Labute approximate surface area is 160 Å². The molecule has 0 saturated heterocycles. The fourth-order valence-corrected chi connectivity index (χ4v) is 5.59. The Morgan fingerprint density at radius 3 is 2.59 bits per heavy atom. The molecular formula is C22H22N2O2S. The van der Waals surface area contributed by atoms with E-state index in [2.05, 4.69) is 11.1 Å². The Hall–Kier alpha value is -2.50. The van der Waals surface area contributed by atoms with Crippen LogP contribution in [0.1, 0.15) is 33.9 Å². The van der Waals surface area contributed by atoms with Gasteiger partial charge in [0.1, 0.15) is 0 Å². The van der Waals surface area contributed by atoms with Crippen molar-refractivity contribution in [1.29, 1.82) is 0 Å². The number of fused-ring (bicyclic) bond motifs is 1. The number of hydrogen-bond donors (Lipinski definition) is 0. The summed E-state index contributed by atoms with van der Waals surface area (Å²) in [7, 11) is -3.49. The van der Waals surface area contributed by atoms with E-state index in [0.717, 1.165) is 28.7 Å². The molecule has 0 N–H and O–H groups in total. The molecule has 4 nitrogen and oxygen atoms in total. The number of benzene rings is 2. The van der Waals surface area contributed by atoms with E-state index in [-0.39, 0.29) is 11.8 Å². The van der Waals surface area contributed by atoms with Gasteiger partial charge in [0.2, 0.25) is 10.0 Å². The number of pyridine rings is 1. The second-order valence-corrected chi connectivity index (χ2v) is 8.85. The number of sulfonamides is 1. The second kappa shape index (κ2) is 7.25. The highest BCUT2D eigenvalue weighted by Gasteiger charge is 2.36. The van der Waals surface area contributed by atoms with Crippen molar-refractivity contribution in [3.05, 3.63) is 101 Å². The van der Waals surface area contributed by atoms with Crippen LogP contribution in [0.2, 0.25) is 0 Å². The maximum absolute atomic E-state index is 13.4. The predicted octanol–water partition coefficient (Wildman–Crippen LogP) is 3.87. The van der Waals surface area contributed by atoms with Crippen molar-refractivity contribution in [1.82, 2.24) is 9.29 Å². The van der Waals surface area contributed by atoms with Gasteiger partial charge in [-0.2, -0.15) is 4.31 Å². The van der Waals surface area contributed by atoms with Gasteiger partial charge in [-0.25, -0.2) is 8.42 Å². The largest absolute Gasteiger partial charge is 0.264 e. The molecule has 138 valence electrons. The van der Waals surface area contributed by atoms with Crippen LogP contribution in [-0.2, 0) is 22.2 Å². The minimum atomic E-state index is -3.49. The highest BCUT2D eigenvalue weighted by molar-refractivity contribution is 7.88. The summed E-state index contributed by atoms with van der Waals surface area (Å²) in [6.07, 6.45) is 4.20. The number of aryl methyl sites for hydroxylation is 1. The van der Waals surface area contributed by atoms with E-state index in [1.807, 2.05) is 61.5 Å². The van der Waals surface area contributed by atoms with E-state index in [1.165, 1.54) is 5.56 Å². The average Bonchev–Trinajstić information content (AvgIpc) is 2.69. The molecule has 5 heteroatoms. The van der Waals surface area contributed by atoms with Gasteiger partial charge in [-0.15, -0.1) is 0 Å². The number of nitrogens with zero attached hydrogens (tertiary/aromatic N) is 2. The quantitative estimate of drug-likeness (QED) is 0.692. The fourth-order valence-electron chi connectivity index (χ4n) is 3.78. The maximum atomic E-state index is 13.4. The molecule has 0 bridgehead atoms. The van der Waals surface area contributed by atoms with Gasteiger partial charge in [0.05, 0.1) is 11.8 Å². The number of rotatable bonds is 4. The van der Waals surface area contributed by atoms with Crippen LogP contribution in [0.5, 0.6) is 0 Å². The van der Waals surface area contributed by atoms with Gasteiger partial charge in [0.25, 0.3) is 0 Å². The SMILES string of the molecule is Cc1ccccc1CS(=O)(=O)N1CCc2ccccc2C1c1cccnc1. The minimum Gasteiger partial charge on any atom is -0.264 e. The molecule has 1 aliphatic rings. The lowest BCUT2D eigenvalue weighted by atomic mass is 9.91. The lowest BCUT2D eigenvalue weighted by Gasteiger charge is -2.36. The summed E-state index contributed by atoms with van der Waals surface area (Å²) >= 11 is 0. The Morgan fingerprint density at radius 2 is 1.81 bits per heavy atom. The van der Waals surface area contributed by atoms with Crippen molar-refractivity contribution in [3.63, 3.8) is 0 Å². The third-order valence-corrected chi connectivity index (χ3v) is 6.98. The molecule has 3 aromatic rings. The van der Waals surface area contributed by atoms with Gasteiger partial charge in [-0.3, -0.25) is 4.98 Å². The molecule has 2 aromatic carbocycles. The summed E-state index contributed by atoms with van der Waals surface area (Å²) in [6, 6.07) is 19.2. The molecule has 0 amide bonds. The first-order chi connectivity index (χ1) is 13.1. The predicted molar refractivity (Wildman–Crippen MR) is 107 cm³/mol. The van der Waals surface area contributed by atoms with Crippen molar-refractivity contribution in [2.75, 3.05) is 6.54 Å². The Bertz CT molecular complexity index is 1050. The summed E-state index contributed by atoms with van der Waals surface area (Å²) in [4.78, 5) is 4.23. The highest BCUT2D eigenvalue weighted by Crippen LogP contribution is 2.37. The van der Waals surface area contributed by atoms with Crippen LogP contribution < -0.4 is 0 Å². The second-order valence-electron chi connectivity index (χ2n) is 6.93. The number of aromatic nitrogens is 1. The molecule has 2 heterocycles. The zero-order chi connectivity index (χ0) is 18.9. The summed E-state index contributed by atoms with van der Waals surface area (Å²) < 4.78 is 28.5. The molecule has 4 rings (SSSR count). The van der Waals surface area contributed by atoms with Gasteiger partial charge in [0, 0.05) is 18.9 Å². The smallest absolute Gasteiger partial charge is 0.219 e. The molecule has 0 fully saturated rings. The zero-order valence-electron chi connectivity index (χ0n) is 15.2. The van der Waals surface area contributed by atoms with Crippen molar-refractivity contribution in [3.8, 4) is 0 Å². The van der Waals surface area contributed by atoms with Crippen molar-refractivity contribution in [2.45, 2.75) is 25.1 Å². The molecule has 1 aliphatic heterocycles. The van der Waals surface area contributed by atoms with E-state index in [1.54, 1.807) is 16.7 Å². The van der Waals surface area contributed by atoms with Crippen LogP contribution in [0.15, 0.2) is 73.1 Å². The summed E-state index contributed by atoms with van der Waals surface area (Å²) in [5.74, 6) is 0.0125. The lowest BCUT2D eigenvalue weighted by Crippen LogP contribution is -2.41. The van der Waals surface area contributed by atoms with E-state index < -0.39 is 10.0 Å². The van der Waals surface area contributed by atoms with Crippen LogP contribution >= 0.6 is 0 Å². The number of hydrogen-bond acceptors (Lipinski definition) is 3. The normalized spacial score (nSPS) is 17.4. The van der Waals surface area contributed by atoms with E-state index in [0.29, 0.717) is 6.54 Å². The average molecular weight is 378 g/mol. The van der Waals surface area contributed by atoms with Crippen LogP contribution in [0, 0.1) is 6.92 Å². The first-order valence-electron chi connectivity index (χ1n) is 9.08. The molecular weight excluding hydrogens is 356 g/mol. The minimum absolute atomic E-state index is 0.0125. The molecule has 1 unspecified atom stereocenters. The molecule has 27 heavy (non-hydrogen) atoms. The van der Waals surface area contributed by atoms with Crippen LogP contribution in [-0.4, -0.2) is 24.3 Å². The monoisotopic (exact) mass is 378 g/mol. The standard InChI is InChI=1S/C22H22N2O2S/c1-17-7-2-3-9-20(17)16-27(25,26)24-14-12-18-8-4-5-11-21(18)22(24)19-10-6-13-23-15-19/h2-11,13,15,22H,12,14,16H2,1H3. The first-order valence-corrected chi connectivity index (χ1v) is 10.7. The molecule has 1 aromatic heterocycles. The summed E-state index contributed by atoms with van der Waals surface area (Å²) in [6.45, 7) is 2.43. The van der Waals surface area contributed by atoms with Crippen LogP contribution in [0.3, 0.4) is 0 Å². The van der Waals surface area contributed by atoms with Crippen molar-refractivity contribution < 1.29 is 8.42 Å². The molecule has 0 saturated carbocycles. The highest BCUT2D eigenvalue weighted by atomic mass is 32.2. The van der Waals surface area contributed by atoms with E-state index >= 15 is 0 Å². The van der Waals surface area contributed by atoms with Gasteiger partial charge in [0.15, 0.2) is 0 Å². The molecule has 1 atom stereocenters. The Kier molecular flexibility index (Phi) is 4.81. The third kappa shape index (κ3) is 3.53. The molecule has 0 spiro atoms.